The summed E-state index contributed by atoms with van der Waals surface area (Å²) in [6.07, 6.45) is 10.3. The molecule has 0 fully saturated rings. The summed E-state index contributed by atoms with van der Waals surface area (Å²) in [5.41, 5.74) is 0. The monoisotopic (exact) mass is 170 g/mol. The molecule has 12 heavy (non-hydrogen) atoms. The molecule has 0 aromatic heterocycles. The molecule has 0 aliphatic rings. The van der Waals surface area contributed by atoms with Crippen molar-refractivity contribution in [3.05, 3.63) is 12.2 Å². The first kappa shape index (κ1) is 11.7. The van der Waals surface area contributed by atoms with E-state index in [9.17, 15) is 0 Å². The third-order valence-electron chi connectivity index (χ3n) is 2.28. The van der Waals surface area contributed by atoms with Gasteiger partial charge in [-0.05, 0) is 12.3 Å². The predicted molar refractivity (Wildman–Crippen MR) is 54.1 cm³/mol. The minimum atomic E-state index is 0.185. The lowest BCUT2D eigenvalue weighted by Crippen LogP contribution is -1.96. The van der Waals surface area contributed by atoms with E-state index in [1.807, 2.05) is 6.08 Å². The van der Waals surface area contributed by atoms with Crippen molar-refractivity contribution < 1.29 is 5.11 Å². The Kier molecular flexibility index (Phi) is 8.57. The summed E-state index contributed by atoms with van der Waals surface area (Å²) in [4.78, 5) is 0. The molecule has 0 aliphatic carbocycles. The Labute approximate surface area is 76.5 Å². The van der Waals surface area contributed by atoms with Gasteiger partial charge < -0.3 is 5.11 Å². The lowest BCUT2D eigenvalue weighted by molar-refractivity contribution is 0.341. The molecule has 0 aromatic carbocycles. The van der Waals surface area contributed by atoms with Gasteiger partial charge in [0.15, 0.2) is 0 Å². The number of aliphatic hydroxyl groups is 1. The second-order valence-corrected chi connectivity index (χ2v) is 3.31. The van der Waals surface area contributed by atoms with Crippen LogP contribution in [0.1, 0.15) is 46.0 Å². The maximum atomic E-state index is 8.54. The molecule has 0 amide bonds. The fourth-order valence-corrected chi connectivity index (χ4v) is 1.34. The summed E-state index contributed by atoms with van der Waals surface area (Å²) in [5, 5.41) is 8.54. The fourth-order valence-electron chi connectivity index (χ4n) is 1.34. The molecule has 1 N–H and O–H groups in total. The highest BCUT2D eigenvalue weighted by Crippen LogP contribution is 2.16. The van der Waals surface area contributed by atoms with E-state index < -0.39 is 0 Å². The van der Waals surface area contributed by atoms with E-state index >= 15 is 0 Å². The quantitative estimate of drug-likeness (QED) is 0.582. The van der Waals surface area contributed by atoms with Gasteiger partial charge in [0, 0.05) is 0 Å². The van der Waals surface area contributed by atoms with Crippen LogP contribution in [0.3, 0.4) is 0 Å². The van der Waals surface area contributed by atoms with Crippen molar-refractivity contribution in [2.75, 3.05) is 6.61 Å². The fraction of sp³-hybridized carbons (Fsp3) is 0.818. The molecule has 0 radical (unpaired) electrons. The highest BCUT2D eigenvalue weighted by atomic mass is 16.2. The van der Waals surface area contributed by atoms with Crippen molar-refractivity contribution in [1.82, 2.24) is 0 Å². The highest BCUT2D eigenvalue weighted by Gasteiger charge is 2.02. The van der Waals surface area contributed by atoms with E-state index in [0.29, 0.717) is 0 Å². The average molecular weight is 170 g/mol. The second-order valence-electron chi connectivity index (χ2n) is 3.31. The number of hydrogen-bond donors (Lipinski definition) is 1. The van der Waals surface area contributed by atoms with Gasteiger partial charge in [-0.15, -0.1) is 0 Å². The second kappa shape index (κ2) is 8.79. The minimum Gasteiger partial charge on any atom is -0.392 e. The van der Waals surface area contributed by atoms with Crippen LogP contribution in [0.5, 0.6) is 0 Å². The van der Waals surface area contributed by atoms with Gasteiger partial charge in [0.1, 0.15) is 0 Å². The molecule has 0 rings (SSSR count). The Morgan fingerprint density at radius 1 is 1.25 bits per heavy atom. The molecule has 0 aromatic rings. The Bertz CT molecular complexity index is 108. The molecule has 0 aliphatic heterocycles. The van der Waals surface area contributed by atoms with E-state index in [-0.39, 0.29) is 6.61 Å². The van der Waals surface area contributed by atoms with Crippen molar-refractivity contribution in [2.24, 2.45) is 5.92 Å². The molecule has 0 saturated heterocycles. The van der Waals surface area contributed by atoms with Crippen LogP contribution in [0, 0.1) is 5.92 Å². The lowest BCUT2D eigenvalue weighted by atomic mass is 9.96. The summed E-state index contributed by atoms with van der Waals surface area (Å²) in [6.45, 7) is 4.66. The Morgan fingerprint density at radius 2 is 2.00 bits per heavy atom. The van der Waals surface area contributed by atoms with Crippen LogP contribution in [0.2, 0.25) is 0 Å². The zero-order valence-electron chi connectivity index (χ0n) is 8.42. The van der Waals surface area contributed by atoms with Crippen LogP contribution in [-0.4, -0.2) is 11.7 Å². The van der Waals surface area contributed by atoms with Gasteiger partial charge in [-0.3, -0.25) is 0 Å². The molecular weight excluding hydrogens is 148 g/mol. The van der Waals surface area contributed by atoms with Gasteiger partial charge in [0.25, 0.3) is 0 Å². The Balaban J connectivity index is 3.45. The van der Waals surface area contributed by atoms with Crippen molar-refractivity contribution in [3.63, 3.8) is 0 Å². The maximum absolute atomic E-state index is 8.54. The van der Waals surface area contributed by atoms with Gasteiger partial charge in [-0.1, -0.05) is 51.7 Å². The molecular formula is C11H22O. The minimum absolute atomic E-state index is 0.185. The first-order chi connectivity index (χ1) is 5.85. The van der Waals surface area contributed by atoms with Crippen LogP contribution in [0.4, 0.5) is 0 Å². The predicted octanol–water partition coefficient (Wildman–Crippen LogP) is 3.14. The largest absolute Gasteiger partial charge is 0.392 e. The lowest BCUT2D eigenvalue weighted by Gasteiger charge is -2.10. The standard InChI is InChI=1S/C11H22O/c1-3-5-8-11(4-2)9-6-7-10-12/h6-7,11-12H,3-5,8-10H2,1-2H3. The molecule has 72 valence electrons. The summed E-state index contributed by atoms with van der Waals surface area (Å²) < 4.78 is 0. The number of allylic oxidation sites excluding steroid dienone is 1. The van der Waals surface area contributed by atoms with Gasteiger partial charge in [0.2, 0.25) is 0 Å². The zero-order chi connectivity index (χ0) is 9.23. The van der Waals surface area contributed by atoms with E-state index in [4.69, 9.17) is 5.11 Å². The van der Waals surface area contributed by atoms with Crippen molar-refractivity contribution in [3.8, 4) is 0 Å². The first-order valence-corrected chi connectivity index (χ1v) is 5.11. The third kappa shape index (κ3) is 6.41. The zero-order valence-corrected chi connectivity index (χ0v) is 8.42. The van der Waals surface area contributed by atoms with Crippen LogP contribution in [0.15, 0.2) is 12.2 Å². The SMILES string of the molecule is CCCCC(CC)CC=CCO. The number of rotatable bonds is 7. The van der Waals surface area contributed by atoms with Crippen molar-refractivity contribution in [2.45, 2.75) is 46.0 Å². The van der Waals surface area contributed by atoms with Crippen LogP contribution >= 0.6 is 0 Å². The molecule has 1 heteroatoms. The third-order valence-corrected chi connectivity index (χ3v) is 2.28. The molecule has 0 heterocycles. The van der Waals surface area contributed by atoms with Crippen LogP contribution in [0.25, 0.3) is 0 Å². The number of aliphatic hydroxyl groups excluding tert-OH is 1. The molecule has 0 spiro atoms. The molecule has 0 saturated carbocycles. The Hall–Kier alpha value is -0.300. The molecule has 1 nitrogen and oxygen atoms in total. The summed E-state index contributed by atoms with van der Waals surface area (Å²) in [7, 11) is 0. The number of unbranched alkanes of at least 4 members (excludes halogenated alkanes) is 1. The smallest absolute Gasteiger partial charge is 0.0612 e. The first-order valence-electron chi connectivity index (χ1n) is 5.11. The molecule has 1 atom stereocenters. The van der Waals surface area contributed by atoms with Gasteiger partial charge in [-0.25, -0.2) is 0 Å². The van der Waals surface area contributed by atoms with Gasteiger partial charge >= 0.3 is 0 Å². The summed E-state index contributed by atoms with van der Waals surface area (Å²) in [5.74, 6) is 0.827. The van der Waals surface area contributed by atoms with Gasteiger partial charge in [0.05, 0.1) is 6.61 Å². The van der Waals surface area contributed by atoms with Crippen LogP contribution in [-0.2, 0) is 0 Å². The molecule has 0 bridgehead atoms. The number of hydrogen-bond acceptors (Lipinski definition) is 1. The molecule has 1 unspecified atom stereocenters. The highest BCUT2D eigenvalue weighted by molar-refractivity contribution is 4.83. The van der Waals surface area contributed by atoms with Crippen molar-refractivity contribution in [1.29, 1.82) is 0 Å². The van der Waals surface area contributed by atoms with E-state index in [0.717, 1.165) is 12.3 Å². The van der Waals surface area contributed by atoms with E-state index in [1.54, 1.807) is 0 Å². The van der Waals surface area contributed by atoms with E-state index in [2.05, 4.69) is 19.9 Å². The van der Waals surface area contributed by atoms with E-state index in [1.165, 1.54) is 25.7 Å². The topological polar surface area (TPSA) is 20.2 Å². The van der Waals surface area contributed by atoms with Gasteiger partial charge in [-0.2, -0.15) is 0 Å². The average Bonchev–Trinajstić information content (AvgIpc) is 2.11. The normalized spacial score (nSPS) is 13.9. The Morgan fingerprint density at radius 3 is 2.50 bits per heavy atom. The summed E-state index contributed by atoms with van der Waals surface area (Å²) >= 11 is 0. The van der Waals surface area contributed by atoms with Crippen molar-refractivity contribution >= 4 is 0 Å². The summed E-state index contributed by atoms with van der Waals surface area (Å²) in [6, 6.07) is 0. The maximum Gasteiger partial charge on any atom is 0.0612 e. The van der Waals surface area contributed by atoms with Crippen LogP contribution < -0.4 is 0 Å².